The first-order valence-corrected chi connectivity index (χ1v) is 4.28. The third-order valence-corrected chi connectivity index (χ3v) is 1.70. The molecule has 0 aliphatic rings. The third kappa shape index (κ3) is 3.92. The fourth-order valence-corrected chi connectivity index (χ4v) is 0.930. The molecule has 0 unspecified atom stereocenters. The van der Waals surface area contributed by atoms with Gasteiger partial charge in [-0.2, -0.15) is 5.06 Å². The molecule has 0 saturated heterocycles. The van der Waals surface area contributed by atoms with Gasteiger partial charge in [0, 0.05) is 7.05 Å². The van der Waals surface area contributed by atoms with Gasteiger partial charge in [0.2, 0.25) is 0 Å². The number of aryl methyl sites for hydroxylation is 1. The van der Waals surface area contributed by atoms with E-state index in [-0.39, 0.29) is 0 Å². The largest absolute Gasteiger partial charge is 0.492 e. The molecule has 0 aliphatic carbocycles. The number of hydrogen-bond donors (Lipinski definition) is 1. The van der Waals surface area contributed by atoms with Crippen molar-refractivity contribution >= 4 is 0 Å². The maximum atomic E-state index is 8.83. The Hall–Kier alpha value is -1.06. The van der Waals surface area contributed by atoms with E-state index in [9.17, 15) is 0 Å². The minimum absolute atomic E-state index is 0.496. The number of rotatable bonds is 4. The summed E-state index contributed by atoms with van der Waals surface area (Å²) < 4.78 is 5.37. The number of nitrogens with zero attached hydrogens (tertiary/aromatic N) is 1. The first-order chi connectivity index (χ1) is 6.18. The highest BCUT2D eigenvalue weighted by Crippen LogP contribution is 2.10. The van der Waals surface area contributed by atoms with Crippen LogP contribution in [0.25, 0.3) is 0 Å². The average Bonchev–Trinajstić information content (AvgIpc) is 2.08. The molecule has 0 bridgehead atoms. The summed E-state index contributed by atoms with van der Waals surface area (Å²) in [4.78, 5) is 0. The molecule has 72 valence electrons. The van der Waals surface area contributed by atoms with Crippen LogP contribution in [0.15, 0.2) is 24.3 Å². The Balaban J connectivity index is 2.33. The van der Waals surface area contributed by atoms with Crippen molar-refractivity contribution in [3.8, 4) is 5.75 Å². The van der Waals surface area contributed by atoms with Crippen LogP contribution in [0.1, 0.15) is 5.56 Å². The molecule has 0 amide bonds. The molecule has 0 atom stereocenters. The van der Waals surface area contributed by atoms with Crippen LogP contribution in [-0.4, -0.2) is 30.5 Å². The average molecular weight is 181 g/mol. The van der Waals surface area contributed by atoms with E-state index in [0.717, 1.165) is 10.8 Å². The Morgan fingerprint density at radius 3 is 2.46 bits per heavy atom. The zero-order chi connectivity index (χ0) is 9.68. The van der Waals surface area contributed by atoms with Gasteiger partial charge in [0.05, 0.1) is 6.54 Å². The van der Waals surface area contributed by atoms with Gasteiger partial charge in [-0.3, -0.25) is 0 Å². The molecular weight excluding hydrogens is 166 g/mol. The molecule has 0 spiro atoms. The van der Waals surface area contributed by atoms with Crippen LogP contribution in [0.5, 0.6) is 5.75 Å². The lowest BCUT2D eigenvalue weighted by Gasteiger charge is -2.09. The Morgan fingerprint density at radius 2 is 1.92 bits per heavy atom. The summed E-state index contributed by atoms with van der Waals surface area (Å²) in [6.07, 6.45) is 0. The monoisotopic (exact) mass is 181 g/mol. The smallest absolute Gasteiger partial charge is 0.119 e. The molecule has 0 radical (unpaired) electrons. The van der Waals surface area contributed by atoms with Gasteiger partial charge >= 0.3 is 0 Å². The van der Waals surface area contributed by atoms with Crippen molar-refractivity contribution in [3.05, 3.63) is 29.8 Å². The second-order valence-corrected chi connectivity index (χ2v) is 3.04. The van der Waals surface area contributed by atoms with E-state index < -0.39 is 0 Å². The summed E-state index contributed by atoms with van der Waals surface area (Å²) in [5.74, 6) is 0.840. The lowest BCUT2D eigenvalue weighted by atomic mass is 10.2. The number of hydrogen-bond acceptors (Lipinski definition) is 3. The van der Waals surface area contributed by atoms with E-state index in [1.165, 1.54) is 5.56 Å². The minimum Gasteiger partial charge on any atom is -0.492 e. The maximum absolute atomic E-state index is 8.83. The molecule has 3 nitrogen and oxygen atoms in total. The maximum Gasteiger partial charge on any atom is 0.119 e. The molecule has 0 aliphatic heterocycles. The highest BCUT2D eigenvalue weighted by atomic mass is 16.5. The number of likely N-dealkylation sites (N-methyl/N-ethyl adjacent to an activating group) is 1. The van der Waals surface area contributed by atoms with E-state index in [4.69, 9.17) is 9.94 Å². The predicted octanol–water partition coefficient (Wildman–Crippen LogP) is 1.69. The van der Waals surface area contributed by atoms with Gasteiger partial charge in [0.25, 0.3) is 0 Å². The molecule has 1 rings (SSSR count). The molecule has 1 N–H and O–H groups in total. The predicted molar refractivity (Wildman–Crippen MR) is 51.1 cm³/mol. The van der Waals surface area contributed by atoms with E-state index in [2.05, 4.69) is 0 Å². The highest BCUT2D eigenvalue weighted by molar-refractivity contribution is 5.26. The quantitative estimate of drug-likeness (QED) is 0.717. The minimum atomic E-state index is 0.496. The molecule has 1 aromatic carbocycles. The van der Waals surface area contributed by atoms with Crippen molar-refractivity contribution in [2.45, 2.75) is 6.92 Å². The summed E-state index contributed by atoms with van der Waals surface area (Å²) in [6.45, 7) is 3.04. The van der Waals surface area contributed by atoms with E-state index in [1.807, 2.05) is 31.2 Å². The first-order valence-electron chi connectivity index (χ1n) is 4.28. The van der Waals surface area contributed by atoms with Gasteiger partial charge in [0.1, 0.15) is 12.4 Å². The van der Waals surface area contributed by atoms with Crippen molar-refractivity contribution in [1.82, 2.24) is 5.06 Å². The molecule has 0 fully saturated rings. The Labute approximate surface area is 78.5 Å². The van der Waals surface area contributed by atoms with Gasteiger partial charge in [-0.1, -0.05) is 17.7 Å². The highest BCUT2D eigenvalue weighted by Gasteiger charge is 1.94. The summed E-state index contributed by atoms with van der Waals surface area (Å²) in [5, 5.41) is 9.93. The fourth-order valence-electron chi connectivity index (χ4n) is 0.930. The Bertz CT molecular complexity index is 244. The summed E-state index contributed by atoms with van der Waals surface area (Å²) in [7, 11) is 1.60. The fraction of sp³-hybridized carbons (Fsp3) is 0.400. The Kier molecular flexibility index (Phi) is 3.73. The van der Waals surface area contributed by atoms with Crippen molar-refractivity contribution in [1.29, 1.82) is 0 Å². The van der Waals surface area contributed by atoms with Crippen LogP contribution in [0.3, 0.4) is 0 Å². The molecule has 1 aromatic rings. The van der Waals surface area contributed by atoms with E-state index in [1.54, 1.807) is 7.05 Å². The van der Waals surface area contributed by atoms with Gasteiger partial charge in [-0.25, -0.2) is 0 Å². The third-order valence-electron chi connectivity index (χ3n) is 1.70. The van der Waals surface area contributed by atoms with Gasteiger partial charge in [-0.15, -0.1) is 0 Å². The lowest BCUT2D eigenvalue weighted by Crippen LogP contribution is -2.20. The molecule has 0 saturated carbocycles. The van der Waals surface area contributed by atoms with Crippen LogP contribution in [0.2, 0.25) is 0 Å². The molecule has 3 heteroatoms. The standard InChI is InChI=1S/C10H15NO2/c1-9-3-5-10(6-4-9)13-8-7-11(2)12/h3-6,12H,7-8H2,1-2H3. The molecule has 13 heavy (non-hydrogen) atoms. The SMILES string of the molecule is Cc1ccc(OCCN(C)O)cc1. The summed E-state index contributed by atoms with van der Waals surface area (Å²) in [5.41, 5.74) is 1.21. The van der Waals surface area contributed by atoms with Crippen molar-refractivity contribution < 1.29 is 9.94 Å². The topological polar surface area (TPSA) is 32.7 Å². The van der Waals surface area contributed by atoms with Crippen LogP contribution >= 0.6 is 0 Å². The zero-order valence-corrected chi connectivity index (χ0v) is 8.03. The second-order valence-electron chi connectivity index (χ2n) is 3.04. The van der Waals surface area contributed by atoms with Crippen molar-refractivity contribution in [3.63, 3.8) is 0 Å². The van der Waals surface area contributed by atoms with Crippen molar-refractivity contribution in [2.24, 2.45) is 0 Å². The summed E-state index contributed by atoms with van der Waals surface area (Å²) >= 11 is 0. The number of ether oxygens (including phenoxy) is 1. The summed E-state index contributed by atoms with van der Waals surface area (Å²) in [6, 6.07) is 7.84. The van der Waals surface area contributed by atoms with E-state index in [0.29, 0.717) is 13.2 Å². The van der Waals surface area contributed by atoms with Crippen LogP contribution in [0, 0.1) is 6.92 Å². The molecule has 0 aromatic heterocycles. The van der Waals surface area contributed by atoms with Crippen LogP contribution in [0.4, 0.5) is 0 Å². The normalized spacial score (nSPS) is 10.5. The lowest BCUT2D eigenvalue weighted by molar-refractivity contribution is -0.0713. The first kappa shape index (κ1) is 10.0. The Morgan fingerprint density at radius 1 is 1.31 bits per heavy atom. The zero-order valence-electron chi connectivity index (χ0n) is 8.03. The van der Waals surface area contributed by atoms with Crippen LogP contribution in [-0.2, 0) is 0 Å². The molecule has 0 heterocycles. The van der Waals surface area contributed by atoms with Gasteiger partial charge in [0.15, 0.2) is 0 Å². The second kappa shape index (κ2) is 4.84. The van der Waals surface area contributed by atoms with E-state index >= 15 is 0 Å². The number of benzene rings is 1. The van der Waals surface area contributed by atoms with Gasteiger partial charge < -0.3 is 9.94 Å². The number of hydroxylamine groups is 2. The molecular formula is C10H15NO2. The van der Waals surface area contributed by atoms with Gasteiger partial charge in [-0.05, 0) is 19.1 Å². The van der Waals surface area contributed by atoms with Crippen LogP contribution < -0.4 is 4.74 Å². The van der Waals surface area contributed by atoms with Crippen molar-refractivity contribution in [2.75, 3.05) is 20.2 Å².